The van der Waals surface area contributed by atoms with Crippen LogP contribution >= 0.6 is 0 Å². The minimum absolute atomic E-state index is 0.0613. The lowest BCUT2D eigenvalue weighted by Gasteiger charge is -2.29. The molecule has 0 atom stereocenters. The number of methoxy groups -OCH3 is 2. The SMILES string of the molecule is COc1cc2c(cc1OC)CN(CCC(=O)Nc1ccccc1C(C)C)CC2. The van der Waals surface area contributed by atoms with E-state index in [-0.39, 0.29) is 5.91 Å². The first kappa shape index (κ1) is 20.2. The van der Waals surface area contributed by atoms with Gasteiger partial charge in [-0.05, 0) is 47.2 Å². The van der Waals surface area contributed by atoms with E-state index in [1.807, 2.05) is 18.2 Å². The topological polar surface area (TPSA) is 50.8 Å². The Hall–Kier alpha value is -2.53. The van der Waals surface area contributed by atoms with Crippen LogP contribution in [0.25, 0.3) is 0 Å². The lowest BCUT2D eigenvalue weighted by molar-refractivity contribution is -0.116. The van der Waals surface area contributed by atoms with Crippen LogP contribution in [0.3, 0.4) is 0 Å². The minimum atomic E-state index is 0.0613. The van der Waals surface area contributed by atoms with E-state index in [9.17, 15) is 4.79 Å². The van der Waals surface area contributed by atoms with E-state index < -0.39 is 0 Å². The molecule has 1 amide bonds. The number of nitrogens with zero attached hydrogens (tertiary/aromatic N) is 1. The zero-order chi connectivity index (χ0) is 20.1. The summed E-state index contributed by atoms with van der Waals surface area (Å²) in [7, 11) is 3.32. The summed E-state index contributed by atoms with van der Waals surface area (Å²) < 4.78 is 10.8. The van der Waals surface area contributed by atoms with Gasteiger partial charge in [-0.15, -0.1) is 0 Å². The third-order valence-corrected chi connectivity index (χ3v) is 5.31. The van der Waals surface area contributed by atoms with Crippen LogP contribution in [0, 0.1) is 0 Å². The van der Waals surface area contributed by atoms with Crippen LogP contribution in [-0.4, -0.2) is 38.1 Å². The fraction of sp³-hybridized carbons (Fsp3) is 0.435. The van der Waals surface area contributed by atoms with Crippen molar-refractivity contribution in [3.63, 3.8) is 0 Å². The molecular formula is C23H30N2O3. The predicted octanol–water partition coefficient (Wildman–Crippen LogP) is 4.21. The standard InChI is InChI=1S/C23H30N2O3/c1-16(2)19-7-5-6-8-20(19)24-23(26)10-12-25-11-9-17-13-21(27-3)22(28-4)14-18(17)15-25/h5-8,13-14,16H,9-12,15H2,1-4H3,(H,24,26). The van der Waals surface area contributed by atoms with Crippen LogP contribution in [0.1, 0.15) is 42.9 Å². The molecule has 0 fully saturated rings. The molecule has 0 bridgehead atoms. The first-order chi connectivity index (χ1) is 13.5. The number of benzene rings is 2. The summed E-state index contributed by atoms with van der Waals surface area (Å²) in [6.45, 7) is 6.78. The van der Waals surface area contributed by atoms with Crippen LogP contribution in [-0.2, 0) is 17.8 Å². The van der Waals surface area contributed by atoms with Crippen molar-refractivity contribution in [3.8, 4) is 11.5 Å². The fourth-order valence-corrected chi connectivity index (χ4v) is 3.72. The number of hydrogen-bond acceptors (Lipinski definition) is 4. The van der Waals surface area contributed by atoms with Gasteiger partial charge in [-0.2, -0.15) is 0 Å². The Morgan fingerprint density at radius 3 is 2.46 bits per heavy atom. The van der Waals surface area contributed by atoms with E-state index >= 15 is 0 Å². The van der Waals surface area contributed by atoms with Gasteiger partial charge in [-0.1, -0.05) is 32.0 Å². The first-order valence-corrected chi connectivity index (χ1v) is 9.86. The van der Waals surface area contributed by atoms with Crippen molar-refractivity contribution in [2.24, 2.45) is 0 Å². The van der Waals surface area contributed by atoms with E-state index in [2.05, 4.69) is 42.3 Å². The fourth-order valence-electron chi connectivity index (χ4n) is 3.72. The van der Waals surface area contributed by atoms with Gasteiger partial charge in [0.1, 0.15) is 0 Å². The second-order valence-corrected chi connectivity index (χ2v) is 7.54. The summed E-state index contributed by atoms with van der Waals surface area (Å²) in [5, 5.41) is 3.08. The van der Waals surface area contributed by atoms with Crippen molar-refractivity contribution < 1.29 is 14.3 Å². The van der Waals surface area contributed by atoms with E-state index in [4.69, 9.17) is 9.47 Å². The highest BCUT2D eigenvalue weighted by molar-refractivity contribution is 5.91. The average Bonchev–Trinajstić information content (AvgIpc) is 2.71. The summed E-state index contributed by atoms with van der Waals surface area (Å²) in [6, 6.07) is 12.2. The molecule has 1 heterocycles. The maximum absolute atomic E-state index is 12.5. The zero-order valence-electron chi connectivity index (χ0n) is 17.2. The Kier molecular flexibility index (Phi) is 6.57. The van der Waals surface area contributed by atoms with Crippen LogP contribution in [0.4, 0.5) is 5.69 Å². The summed E-state index contributed by atoms with van der Waals surface area (Å²) in [6.07, 6.45) is 1.43. The van der Waals surface area contributed by atoms with Crippen molar-refractivity contribution >= 4 is 11.6 Å². The van der Waals surface area contributed by atoms with Crippen molar-refractivity contribution in [1.82, 2.24) is 4.90 Å². The van der Waals surface area contributed by atoms with Crippen molar-refractivity contribution in [2.45, 2.75) is 39.2 Å². The largest absolute Gasteiger partial charge is 0.493 e. The Morgan fingerprint density at radius 2 is 1.79 bits per heavy atom. The van der Waals surface area contributed by atoms with Crippen LogP contribution in [0.5, 0.6) is 11.5 Å². The molecule has 0 spiro atoms. The predicted molar refractivity (Wildman–Crippen MR) is 112 cm³/mol. The monoisotopic (exact) mass is 382 g/mol. The second kappa shape index (κ2) is 9.11. The van der Waals surface area contributed by atoms with E-state index in [1.165, 1.54) is 16.7 Å². The maximum atomic E-state index is 12.5. The molecule has 150 valence electrons. The van der Waals surface area contributed by atoms with E-state index in [0.29, 0.717) is 12.3 Å². The molecule has 1 aliphatic heterocycles. The highest BCUT2D eigenvalue weighted by atomic mass is 16.5. The lowest BCUT2D eigenvalue weighted by atomic mass is 9.98. The van der Waals surface area contributed by atoms with Gasteiger partial charge in [0.25, 0.3) is 0 Å². The smallest absolute Gasteiger partial charge is 0.225 e. The molecule has 1 N–H and O–H groups in total. The molecule has 2 aromatic carbocycles. The molecule has 0 saturated heterocycles. The van der Waals surface area contributed by atoms with Crippen molar-refractivity contribution in [2.75, 3.05) is 32.6 Å². The van der Waals surface area contributed by atoms with Gasteiger partial charge in [-0.25, -0.2) is 0 Å². The zero-order valence-corrected chi connectivity index (χ0v) is 17.2. The number of para-hydroxylation sites is 1. The van der Waals surface area contributed by atoms with Gasteiger partial charge in [0.05, 0.1) is 14.2 Å². The molecule has 28 heavy (non-hydrogen) atoms. The molecular weight excluding hydrogens is 352 g/mol. The summed E-state index contributed by atoms with van der Waals surface area (Å²) in [5.41, 5.74) is 4.63. The number of fused-ring (bicyclic) bond motifs is 1. The Bertz CT molecular complexity index is 833. The number of hydrogen-bond donors (Lipinski definition) is 1. The summed E-state index contributed by atoms with van der Waals surface area (Å²) in [5.74, 6) is 1.97. The Morgan fingerprint density at radius 1 is 1.11 bits per heavy atom. The molecule has 0 unspecified atom stereocenters. The summed E-state index contributed by atoms with van der Waals surface area (Å²) in [4.78, 5) is 14.8. The van der Waals surface area contributed by atoms with Gasteiger partial charge in [0.2, 0.25) is 5.91 Å². The molecule has 5 nitrogen and oxygen atoms in total. The first-order valence-electron chi connectivity index (χ1n) is 9.86. The van der Waals surface area contributed by atoms with Crippen LogP contribution in [0.2, 0.25) is 0 Å². The molecule has 1 aliphatic rings. The number of nitrogens with one attached hydrogen (secondary N) is 1. The Labute approximate surface area is 167 Å². The molecule has 2 aromatic rings. The highest BCUT2D eigenvalue weighted by Crippen LogP contribution is 2.33. The van der Waals surface area contributed by atoms with E-state index in [0.717, 1.165) is 43.2 Å². The highest BCUT2D eigenvalue weighted by Gasteiger charge is 2.20. The third-order valence-electron chi connectivity index (χ3n) is 5.31. The van der Waals surface area contributed by atoms with E-state index in [1.54, 1.807) is 14.2 Å². The number of carbonyl (C=O) groups is 1. The molecule has 0 aliphatic carbocycles. The molecule has 5 heteroatoms. The van der Waals surface area contributed by atoms with Gasteiger partial charge in [0.15, 0.2) is 11.5 Å². The second-order valence-electron chi connectivity index (χ2n) is 7.54. The quantitative estimate of drug-likeness (QED) is 0.779. The molecule has 3 rings (SSSR count). The molecule has 0 aromatic heterocycles. The maximum Gasteiger partial charge on any atom is 0.225 e. The van der Waals surface area contributed by atoms with Gasteiger partial charge in [0, 0.05) is 31.7 Å². The number of rotatable bonds is 7. The van der Waals surface area contributed by atoms with Crippen LogP contribution < -0.4 is 14.8 Å². The van der Waals surface area contributed by atoms with Crippen molar-refractivity contribution in [3.05, 3.63) is 53.1 Å². The minimum Gasteiger partial charge on any atom is -0.493 e. The van der Waals surface area contributed by atoms with Crippen LogP contribution in [0.15, 0.2) is 36.4 Å². The van der Waals surface area contributed by atoms with Gasteiger partial charge in [-0.3, -0.25) is 9.69 Å². The van der Waals surface area contributed by atoms with Gasteiger partial charge < -0.3 is 14.8 Å². The molecule has 0 saturated carbocycles. The number of carbonyl (C=O) groups excluding carboxylic acids is 1. The molecule has 0 radical (unpaired) electrons. The average molecular weight is 383 g/mol. The normalized spacial score (nSPS) is 13.9. The number of anilines is 1. The third kappa shape index (κ3) is 4.65. The number of ether oxygens (including phenoxy) is 2. The Balaban J connectivity index is 1.58. The lowest BCUT2D eigenvalue weighted by Crippen LogP contribution is -2.33. The number of amides is 1. The summed E-state index contributed by atoms with van der Waals surface area (Å²) >= 11 is 0. The van der Waals surface area contributed by atoms with Gasteiger partial charge >= 0.3 is 0 Å². The van der Waals surface area contributed by atoms with Crippen molar-refractivity contribution in [1.29, 1.82) is 0 Å².